The second kappa shape index (κ2) is 10.1. The maximum absolute atomic E-state index is 13.6. The predicted molar refractivity (Wildman–Crippen MR) is 133 cm³/mol. The maximum Gasteiger partial charge on any atom is 0.141 e. The zero-order valence-corrected chi connectivity index (χ0v) is 19.6. The van der Waals surface area contributed by atoms with Crippen molar-refractivity contribution in [1.82, 2.24) is 19.4 Å². The van der Waals surface area contributed by atoms with Crippen LogP contribution >= 0.6 is 11.6 Å². The van der Waals surface area contributed by atoms with Crippen LogP contribution in [0.5, 0.6) is 0 Å². The number of aliphatic hydroxyl groups excluding tert-OH is 1. The first kappa shape index (κ1) is 22.8. The number of nitrogens with one attached hydrogen (secondary N) is 1. The van der Waals surface area contributed by atoms with Gasteiger partial charge in [-0.2, -0.15) is 0 Å². The number of rotatable bonds is 7. The minimum Gasteiger partial charge on any atom is -0.396 e. The molecule has 4 aromatic rings. The van der Waals surface area contributed by atoms with Crippen LogP contribution in [-0.4, -0.2) is 44.2 Å². The summed E-state index contributed by atoms with van der Waals surface area (Å²) in [6.45, 7) is 3.27. The molecule has 0 unspecified atom stereocenters. The quantitative estimate of drug-likeness (QED) is 0.367. The van der Waals surface area contributed by atoms with Gasteiger partial charge in [-0.25, -0.2) is 14.4 Å². The zero-order chi connectivity index (χ0) is 23.5. The number of hydrogen-bond donors (Lipinski definition) is 2. The normalized spacial score (nSPS) is 14.6. The Morgan fingerprint density at radius 2 is 1.82 bits per heavy atom. The standard InChI is InChI=1S/C26H27ClFN5O/c27-23-12-20(4-6-24(23)28)31-26-22-13-21(5-7-25(22)29-17-30-26)33-15-18(8-11-34)19(16-33)14-32-9-2-1-3-10-32/h4-7,12-13,15-17,34H,1-3,8-11,14H2,(H,29,30,31). The summed E-state index contributed by atoms with van der Waals surface area (Å²) >= 11 is 5.94. The van der Waals surface area contributed by atoms with E-state index in [2.05, 4.69) is 37.1 Å². The molecule has 1 aliphatic heterocycles. The van der Waals surface area contributed by atoms with Crippen molar-refractivity contribution in [3.05, 3.63) is 77.1 Å². The van der Waals surface area contributed by atoms with Gasteiger partial charge in [0.2, 0.25) is 0 Å². The number of halogens is 2. The Labute approximate surface area is 203 Å². The number of piperidine rings is 1. The van der Waals surface area contributed by atoms with E-state index >= 15 is 0 Å². The molecule has 0 aliphatic carbocycles. The number of aliphatic hydroxyl groups is 1. The highest BCUT2D eigenvalue weighted by Gasteiger charge is 2.15. The van der Waals surface area contributed by atoms with E-state index in [1.165, 1.54) is 43.3 Å². The van der Waals surface area contributed by atoms with Gasteiger partial charge in [0.05, 0.1) is 10.5 Å². The van der Waals surface area contributed by atoms with Crippen molar-refractivity contribution in [1.29, 1.82) is 0 Å². The number of aromatic nitrogens is 3. The first-order chi connectivity index (χ1) is 16.6. The van der Waals surface area contributed by atoms with Crippen LogP contribution in [0.1, 0.15) is 30.4 Å². The van der Waals surface area contributed by atoms with Crippen molar-refractivity contribution in [2.24, 2.45) is 0 Å². The van der Waals surface area contributed by atoms with Gasteiger partial charge in [-0.3, -0.25) is 4.90 Å². The van der Waals surface area contributed by atoms with Gasteiger partial charge in [-0.1, -0.05) is 18.0 Å². The van der Waals surface area contributed by atoms with E-state index in [1.807, 2.05) is 18.2 Å². The van der Waals surface area contributed by atoms with E-state index in [0.29, 0.717) is 17.9 Å². The molecule has 2 aromatic carbocycles. The smallest absolute Gasteiger partial charge is 0.141 e. The lowest BCUT2D eigenvalue weighted by Gasteiger charge is -2.26. The lowest BCUT2D eigenvalue weighted by Crippen LogP contribution is -2.29. The van der Waals surface area contributed by atoms with Gasteiger partial charge in [-0.05, 0) is 79.9 Å². The fraction of sp³-hybridized carbons (Fsp3) is 0.308. The predicted octanol–water partition coefficient (Wildman–Crippen LogP) is 5.48. The van der Waals surface area contributed by atoms with Crippen LogP contribution in [0.15, 0.2) is 55.1 Å². The van der Waals surface area contributed by atoms with E-state index < -0.39 is 5.82 Å². The van der Waals surface area contributed by atoms with E-state index in [-0.39, 0.29) is 11.6 Å². The Balaban J connectivity index is 1.48. The summed E-state index contributed by atoms with van der Waals surface area (Å²) in [6, 6.07) is 10.5. The molecule has 176 valence electrons. The van der Waals surface area contributed by atoms with Crippen molar-refractivity contribution in [3.8, 4) is 5.69 Å². The van der Waals surface area contributed by atoms with Crippen molar-refractivity contribution >= 4 is 34.0 Å². The molecule has 0 amide bonds. The van der Waals surface area contributed by atoms with Gasteiger partial charge >= 0.3 is 0 Å². The Hall–Kier alpha value is -3.00. The number of nitrogens with zero attached hydrogens (tertiary/aromatic N) is 4. The van der Waals surface area contributed by atoms with Crippen LogP contribution in [0.25, 0.3) is 16.6 Å². The minimum atomic E-state index is -0.464. The largest absolute Gasteiger partial charge is 0.396 e. The molecule has 0 saturated carbocycles. The van der Waals surface area contributed by atoms with Crippen LogP contribution in [0.3, 0.4) is 0 Å². The maximum atomic E-state index is 13.6. The van der Waals surface area contributed by atoms with Crippen LogP contribution in [0.4, 0.5) is 15.9 Å². The molecular formula is C26H27ClFN5O. The molecule has 8 heteroatoms. The lowest BCUT2D eigenvalue weighted by atomic mass is 10.1. The number of hydrogen-bond acceptors (Lipinski definition) is 5. The van der Waals surface area contributed by atoms with Crippen molar-refractivity contribution in [2.75, 3.05) is 25.0 Å². The summed E-state index contributed by atoms with van der Waals surface area (Å²) in [4.78, 5) is 11.3. The first-order valence-electron chi connectivity index (χ1n) is 11.6. The summed E-state index contributed by atoms with van der Waals surface area (Å²) < 4.78 is 15.7. The molecule has 3 heterocycles. The zero-order valence-electron chi connectivity index (χ0n) is 18.8. The average Bonchev–Trinajstić information content (AvgIpc) is 3.24. The summed E-state index contributed by atoms with van der Waals surface area (Å²) in [5.41, 5.74) is 4.83. The molecule has 1 aliphatic rings. The van der Waals surface area contributed by atoms with Crippen LogP contribution in [0, 0.1) is 5.82 Å². The molecule has 2 aromatic heterocycles. The summed E-state index contributed by atoms with van der Waals surface area (Å²) in [5.74, 6) is 0.152. The van der Waals surface area contributed by atoms with Crippen LogP contribution in [0.2, 0.25) is 5.02 Å². The fourth-order valence-electron chi connectivity index (χ4n) is 4.55. The third-order valence-electron chi connectivity index (χ3n) is 6.33. The molecule has 5 rings (SSSR count). The molecular weight excluding hydrogens is 453 g/mol. The Morgan fingerprint density at radius 1 is 1.00 bits per heavy atom. The average molecular weight is 480 g/mol. The Bertz CT molecular complexity index is 1300. The summed E-state index contributed by atoms with van der Waals surface area (Å²) in [5, 5.41) is 13.7. The van der Waals surface area contributed by atoms with Crippen molar-refractivity contribution < 1.29 is 9.50 Å². The monoisotopic (exact) mass is 479 g/mol. The fourth-order valence-corrected chi connectivity index (χ4v) is 4.73. The van der Waals surface area contributed by atoms with Crippen molar-refractivity contribution in [3.63, 3.8) is 0 Å². The molecule has 1 saturated heterocycles. The number of anilines is 2. The second-order valence-corrected chi connectivity index (χ2v) is 9.11. The number of fused-ring (bicyclic) bond motifs is 1. The van der Waals surface area contributed by atoms with Gasteiger partial charge in [0, 0.05) is 42.3 Å². The molecule has 0 radical (unpaired) electrons. The Kier molecular flexibility index (Phi) is 6.76. The highest BCUT2D eigenvalue weighted by molar-refractivity contribution is 6.31. The van der Waals surface area contributed by atoms with Crippen LogP contribution in [-0.2, 0) is 13.0 Å². The van der Waals surface area contributed by atoms with Crippen molar-refractivity contribution in [2.45, 2.75) is 32.2 Å². The van der Waals surface area contributed by atoms with E-state index in [0.717, 1.165) is 41.8 Å². The molecule has 1 fully saturated rings. The van der Waals surface area contributed by atoms with Gasteiger partial charge in [0.15, 0.2) is 0 Å². The topological polar surface area (TPSA) is 66.2 Å². The van der Waals surface area contributed by atoms with Gasteiger partial charge in [0.25, 0.3) is 0 Å². The van der Waals surface area contributed by atoms with Gasteiger partial charge in [0.1, 0.15) is 18.0 Å². The lowest BCUT2D eigenvalue weighted by molar-refractivity contribution is 0.220. The first-order valence-corrected chi connectivity index (χ1v) is 12.0. The molecule has 6 nitrogen and oxygen atoms in total. The van der Waals surface area contributed by atoms with Crippen LogP contribution < -0.4 is 5.32 Å². The van der Waals surface area contributed by atoms with E-state index in [1.54, 1.807) is 6.07 Å². The molecule has 0 bridgehead atoms. The van der Waals surface area contributed by atoms with E-state index in [4.69, 9.17) is 11.6 Å². The molecule has 34 heavy (non-hydrogen) atoms. The second-order valence-electron chi connectivity index (χ2n) is 8.70. The molecule has 0 atom stereocenters. The summed E-state index contributed by atoms with van der Waals surface area (Å²) in [6.07, 6.45) is 10.2. The summed E-state index contributed by atoms with van der Waals surface area (Å²) in [7, 11) is 0. The Morgan fingerprint density at radius 3 is 2.62 bits per heavy atom. The molecule has 0 spiro atoms. The van der Waals surface area contributed by atoms with E-state index in [9.17, 15) is 9.50 Å². The highest BCUT2D eigenvalue weighted by atomic mass is 35.5. The number of likely N-dealkylation sites (tertiary alicyclic amines) is 1. The molecule has 2 N–H and O–H groups in total. The number of benzene rings is 2. The SMILES string of the molecule is OCCc1cn(-c2ccc3ncnc(Nc4ccc(F)c(Cl)c4)c3c2)cc1CN1CCCCC1. The third-order valence-corrected chi connectivity index (χ3v) is 6.62. The van der Waals surface area contributed by atoms with Gasteiger partial charge in [-0.15, -0.1) is 0 Å². The third kappa shape index (κ3) is 4.92. The minimum absolute atomic E-state index is 0.0500. The van der Waals surface area contributed by atoms with Gasteiger partial charge < -0.3 is 15.0 Å². The highest BCUT2D eigenvalue weighted by Crippen LogP contribution is 2.28.